The van der Waals surface area contributed by atoms with Crippen molar-refractivity contribution in [3.8, 4) is 0 Å². The number of rotatable bonds is 4. The molecule has 0 aliphatic carbocycles. The number of aryl methyl sites for hydroxylation is 1. The maximum Gasteiger partial charge on any atom is 0.0396 e. The predicted octanol–water partition coefficient (Wildman–Crippen LogP) is 3.10. The van der Waals surface area contributed by atoms with E-state index in [2.05, 4.69) is 50.1 Å². The molecule has 1 aromatic rings. The number of nitrogens with zero attached hydrogens (tertiary/aromatic N) is 1. The van der Waals surface area contributed by atoms with Gasteiger partial charge in [0.2, 0.25) is 0 Å². The molecule has 0 amide bonds. The largest absolute Gasteiger partial charge is 0.375 e. The first kappa shape index (κ1) is 10.1. The predicted molar refractivity (Wildman–Crippen MR) is 59.4 cm³/mol. The summed E-state index contributed by atoms with van der Waals surface area (Å²) in [7, 11) is 2.15. The van der Waals surface area contributed by atoms with Crippen LogP contribution < -0.4 is 4.90 Å². The minimum absolute atomic E-state index is 1.07. The molecule has 1 nitrogen and oxygen atoms in total. The van der Waals surface area contributed by atoms with Crippen LogP contribution in [0.5, 0.6) is 0 Å². The summed E-state index contributed by atoms with van der Waals surface area (Å²) in [5.74, 6) is 0. The van der Waals surface area contributed by atoms with Gasteiger partial charge in [-0.2, -0.15) is 0 Å². The lowest BCUT2D eigenvalue weighted by molar-refractivity contribution is 0.893. The summed E-state index contributed by atoms with van der Waals surface area (Å²) in [6.07, 6.45) is 2.40. The summed E-state index contributed by atoms with van der Waals surface area (Å²) < 4.78 is 0. The molecule has 1 heteroatoms. The van der Waals surface area contributed by atoms with Crippen molar-refractivity contribution < 1.29 is 0 Å². The van der Waals surface area contributed by atoms with Crippen LogP contribution in [-0.4, -0.2) is 13.6 Å². The van der Waals surface area contributed by atoms with Crippen molar-refractivity contribution in [1.82, 2.24) is 0 Å². The van der Waals surface area contributed by atoms with Crippen molar-refractivity contribution in [3.05, 3.63) is 29.8 Å². The van der Waals surface area contributed by atoms with Crippen molar-refractivity contribution in [2.24, 2.45) is 0 Å². The molecule has 0 saturated carbocycles. The highest BCUT2D eigenvalue weighted by Gasteiger charge is 2.03. The van der Waals surface area contributed by atoms with Gasteiger partial charge in [0.05, 0.1) is 0 Å². The second-order valence-electron chi connectivity index (χ2n) is 3.39. The molecule has 13 heavy (non-hydrogen) atoms. The Balaban J connectivity index is 2.90. The monoisotopic (exact) mass is 177 g/mol. The fourth-order valence-corrected chi connectivity index (χ4v) is 1.53. The molecular weight excluding hydrogens is 158 g/mol. The van der Waals surface area contributed by atoms with Gasteiger partial charge in [-0.1, -0.05) is 31.5 Å². The first-order valence-corrected chi connectivity index (χ1v) is 5.08. The summed E-state index contributed by atoms with van der Waals surface area (Å²) in [6.45, 7) is 5.48. The van der Waals surface area contributed by atoms with Gasteiger partial charge in [0.15, 0.2) is 0 Å². The number of anilines is 1. The summed E-state index contributed by atoms with van der Waals surface area (Å²) >= 11 is 0. The molecule has 0 aliphatic heterocycles. The molecular formula is C12H19N. The standard InChI is InChI=1S/C12H19N/c1-4-8-11-9-6-7-10-12(11)13(3)5-2/h6-7,9-10H,4-5,8H2,1-3H3. The van der Waals surface area contributed by atoms with Crippen LogP contribution in [-0.2, 0) is 6.42 Å². The molecule has 0 heterocycles. The molecule has 72 valence electrons. The Bertz CT molecular complexity index is 255. The van der Waals surface area contributed by atoms with Gasteiger partial charge in [0.25, 0.3) is 0 Å². The Morgan fingerprint density at radius 2 is 1.85 bits per heavy atom. The average molecular weight is 177 g/mol. The topological polar surface area (TPSA) is 3.24 Å². The summed E-state index contributed by atoms with van der Waals surface area (Å²) in [6, 6.07) is 8.66. The molecule has 0 aliphatic rings. The maximum atomic E-state index is 2.30. The summed E-state index contributed by atoms with van der Waals surface area (Å²) in [5.41, 5.74) is 2.85. The van der Waals surface area contributed by atoms with Crippen molar-refractivity contribution in [2.45, 2.75) is 26.7 Å². The van der Waals surface area contributed by atoms with E-state index in [1.807, 2.05) is 0 Å². The molecule has 0 atom stereocenters. The van der Waals surface area contributed by atoms with Crippen LogP contribution >= 0.6 is 0 Å². The molecule has 0 aromatic heterocycles. The average Bonchev–Trinajstić information content (AvgIpc) is 2.18. The van der Waals surface area contributed by atoms with Gasteiger partial charge < -0.3 is 4.90 Å². The molecule has 0 radical (unpaired) electrons. The van der Waals surface area contributed by atoms with Gasteiger partial charge in [-0.05, 0) is 25.0 Å². The third-order valence-electron chi connectivity index (χ3n) is 2.40. The normalized spacial score (nSPS) is 10.1. The quantitative estimate of drug-likeness (QED) is 0.683. The fourth-order valence-electron chi connectivity index (χ4n) is 1.53. The van der Waals surface area contributed by atoms with E-state index < -0.39 is 0 Å². The van der Waals surface area contributed by atoms with Crippen molar-refractivity contribution in [2.75, 3.05) is 18.5 Å². The van der Waals surface area contributed by atoms with Crippen LogP contribution in [0.2, 0.25) is 0 Å². The highest BCUT2D eigenvalue weighted by Crippen LogP contribution is 2.19. The third-order valence-corrected chi connectivity index (χ3v) is 2.40. The Hall–Kier alpha value is -0.980. The van der Waals surface area contributed by atoms with E-state index >= 15 is 0 Å². The van der Waals surface area contributed by atoms with Crippen molar-refractivity contribution >= 4 is 5.69 Å². The lowest BCUT2D eigenvalue weighted by Gasteiger charge is -2.20. The molecule has 1 rings (SSSR count). The number of hydrogen-bond donors (Lipinski definition) is 0. The van der Waals surface area contributed by atoms with E-state index in [-0.39, 0.29) is 0 Å². The van der Waals surface area contributed by atoms with Crippen LogP contribution in [0.3, 0.4) is 0 Å². The van der Waals surface area contributed by atoms with Gasteiger partial charge in [-0.3, -0.25) is 0 Å². The molecule has 0 unspecified atom stereocenters. The summed E-state index contributed by atoms with van der Waals surface area (Å²) in [5, 5.41) is 0. The van der Waals surface area contributed by atoms with Gasteiger partial charge in [-0.25, -0.2) is 0 Å². The van der Waals surface area contributed by atoms with Crippen LogP contribution in [0.25, 0.3) is 0 Å². The fraction of sp³-hybridized carbons (Fsp3) is 0.500. The van der Waals surface area contributed by atoms with Crippen LogP contribution in [0.4, 0.5) is 5.69 Å². The Kier molecular flexibility index (Phi) is 3.81. The van der Waals surface area contributed by atoms with Crippen molar-refractivity contribution in [3.63, 3.8) is 0 Å². The molecule has 0 N–H and O–H groups in total. The first-order valence-electron chi connectivity index (χ1n) is 5.08. The van der Waals surface area contributed by atoms with Crippen LogP contribution in [0.1, 0.15) is 25.8 Å². The Morgan fingerprint density at radius 1 is 1.15 bits per heavy atom. The van der Waals surface area contributed by atoms with E-state index in [9.17, 15) is 0 Å². The highest BCUT2D eigenvalue weighted by molar-refractivity contribution is 5.52. The Labute approximate surface area is 81.4 Å². The number of hydrogen-bond acceptors (Lipinski definition) is 1. The molecule has 0 bridgehead atoms. The zero-order valence-corrected chi connectivity index (χ0v) is 8.88. The minimum atomic E-state index is 1.07. The van der Waals surface area contributed by atoms with E-state index in [0.717, 1.165) is 6.54 Å². The zero-order valence-electron chi connectivity index (χ0n) is 8.88. The van der Waals surface area contributed by atoms with E-state index in [1.54, 1.807) is 0 Å². The van der Waals surface area contributed by atoms with E-state index in [1.165, 1.54) is 24.1 Å². The molecule has 0 spiro atoms. The van der Waals surface area contributed by atoms with E-state index in [4.69, 9.17) is 0 Å². The maximum absolute atomic E-state index is 2.30. The minimum Gasteiger partial charge on any atom is -0.375 e. The first-order chi connectivity index (χ1) is 6.29. The molecule has 1 aromatic carbocycles. The molecule has 0 saturated heterocycles. The Morgan fingerprint density at radius 3 is 2.46 bits per heavy atom. The lowest BCUT2D eigenvalue weighted by atomic mass is 10.1. The van der Waals surface area contributed by atoms with Crippen LogP contribution in [0.15, 0.2) is 24.3 Å². The van der Waals surface area contributed by atoms with Gasteiger partial charge in [0.1, 0.15) is 0 Å². The number of benzene rings is 1. The highest BCUT2D eigenvalue weighted by atomic mass is 15.1. The lowest BCUT2D eigenvalue weighted by Crippen LogP contribution is -2.17. The third kappa shape index (κ3) is 2.48. The summed E-state index contributed by atoms with van der Waals surface area (Å²) in [4.78, 5) is 2.30. The second kappa shape index (κ2) is 4.90. The van der Waals surface area contributed by atoms with Crippen LogP contribution in [0, 0.1) is 0 Å². The zero-order chi connectivity index (χ0) is 9.68. The smallest absolute Gasteiger partial charge is 0.0396 e. The van der Waals surface area contributed by atoms with Gasteiger partial charge >= 0.3 is 0 Å². The van der Waals surface area contributed by atoms with Gasteiger partial charge in [0, 0.05) is 19.3 Å². The SMILES string of the molecule is CCCc1ccccc1N(C)CC. The second-order valence-corrected chi connectivity index (χ2v) is 3.39. The van der Waals surface area contributed by atoms with E-state index in [0.29, 0.717) is 0 Å². The number of para-hydroxylation sites is 1. The van der Waals surface area contributed by atoms with Crippen molar-refractivity contribution in [1.29, 1.82) is 0 Å². The van der Waals surface area contributed by atoms with Gasteiger partial charge in [-0.15, -0.1) is 0 Å². The molecule has 0 fully saturated rings.